The molecular formula is C26H28O3S. The molecule has 0 radical (unpaired) electrons. The van der Waals surface area contributed by atoms with Gasteiger partial charge in [-0.1, -0.05) is 67.9 Å². The Bertz CT molecular complexity index is 1100. The molecule has 0 spiro atoms. The van der Waals surface area contributed by atoms with E-state index in [1.54, 1.807) is 19.2 Å². The Hall–Kier alpha value is -2.85. The van der Waals surface area contributed by atoms with Gasteiger partial charge in [0.1, 0.15) is 5.75 Å². The van der Waals surface area contributed by atoms with Crippen LogP contribution < -0.4 is 4.74 Å². The van der Waals surface area contributed by atoms with Crippen molar-refractivity contribution in [3.05, 3.63) is 95.6 Å². The number of methoxy groups -OCH3 is 1. The standard InChI is InChI=1S/C26H28O3S/c1-4-5-11-25(20-14-18-24(19-15-20)30(3,27)28)26(21-9-7-6-8-10-21)22-12-16-23(29-2)17-13-22/h6-10,12-19H,4-5,11H2,1-3H3/b26-25-. The highest BCUT2D eigenvalue weighted by molar-refractivity contribution is 7.90. The van der Waals surface area contributed by atoms with Crippen molar-refractivity contribution >= 4 is 21.0 Å². The lowest BCUT2D eigenvalue weighted by atomic mass is 9.87. The lowest BCUT2D eigenvalue weighted by Gasteiger charge is -2.18. The maximum Gasteiger partial charge on any atom is 0.175 e. The van der Waals surface area contributed by atoms with Gasteiger partial charge in [0.2, 0.25) is 0 Å². The highest BCUT2D eigenvalue weighted by Gasteiger charge is 2.15. The molecule has 0 aliphatic heterocycles. The van der Waals surface area contributed by atoms with Crippen molar-refractivity contribution in [2.24, 2.45) is 0 Å². The van der Waals surface area contributed by atoms with Gasteiger partial charge in [-0.2, -0.15) is 0 Å². The Morgan fingerprint density at radius 2 is 1.37 bits per heavy atom. The topological polar surface area (TPSA) is 43.4 Å². The molecule has 0 saturated heterocycles. The summed E-state index contributed by atoms with van der Waals surface area (Å²) in [5.74, 6) is 0.818. The van der Waals surface area contributed by atoms with Crippen molar-refractivity contribution in [2.45, 2.75) is 31.1 Å². The van der Waals surface area contributed by atoms with E-state index in [4.69, 9.17) is 4.74 Å². The van der Waals surface area contributed by atoms with Gasteiger partial charge in [0.25, 0.3) is 0 Å². The highest BCUT2D eigenvalue weighted by atomic mass is 32.2. The van der Waals surface area contributed by atoms with Crippen LogP contribution in [0.5, 0.6) is 5.75 Å². The van der Waals surface area contributed by atoms with Crippen molar-refractivity contribution in [1.29, 1.82) is 0 Å². The number of ether oxygens (including phenoxy) is 1. The van der Waals surface area contributed by atoms with E-state index in [-0.39, 0.29) is 0 Å². The molecule has 0 saturated carbocycles. The van der Waals surface area contributed by atoms with Crippen molar-refractivity contribution < 1.29 is 13.2 Å². The molecule has 156 valence electrons. The average Bonchev–Trinajstić information content (AvgIpc) is 2.77. The molecule has 4 heteroatoms. The fraction of sp³-hybridized carbons (Fsp3) is 0.231. The number of sulfone groups is 1. The van der Waals surface area contributed by atoms with Gasteiger partial charge in [0.15, 0.2) is 9.84 Å². The van der Waals surface area contributed by atoms with Crippen LogP contribution in [0, 0.1) is 0 Å². The molecular weight excluding hydrogens is 392 g/mol. The number of allylic oxidation sites excluding steroid dienone is 1. The minimum absolute atomic E-state index is 0.340. The number of hydrogen-bond acceptors (Lipinski definition) is 3. The van der Waals surface area contributed by atoms with Gasteiger partial charge in [-0.05, 0) is 64.9 Å². The van der Waals surface area contributed by atoms with Crippen LogP contribution in [0.3, 0.4) is 0 Å². The first-order chi connectivity index (χ1) is 14.4. The molecule has 0 aliphatic rings. The molecule has 0 amide bonds. The monoisotopic (exact) mass is 420 g/mol. The van der Waals surface area contributed by atoms with Gasteiger partial charge in [-0.15, -0.1) is 0 Å². The zero-order valence-electron chi connectivity index (χ0n) is 17.8. The summed E-state index contributed by atoms with van der Waals surface area (Å²) in [4.78, 5) is 0.340. The summed E-state index contributed by atoms with van der Waals surface area (Å²) in [5, 5.41) is 0. The van der Waals surface area contributed by atoms with Gasteiger partial charge in [-0.25, -0.2) is 8.42 Å². The molecule has 3 aromatic carbocycles. The fourth-order valence-electron chi connectivity index (χ4n) is 3.55. The molecule has 0 fully saturated rings. The molecule has 3 aromatic rings. The predicted molar refractivity (Wildman–Crippen MR) is 124 cm³/mol. The van der Waals surface area contributed by atoms with Crippen LogP contribution in [0.25, 0.3) is 11.1 Å². The smallest absolute Gasteiger partial charge is 0.175 e. The Labute approximate surface area is 180 Å². The third-order valence-electron chi connectivity index (χ3n) is 5.15. The maximum absolute atomic E-state index is 11.9. The van der Waals surface area contributed by atoms with E-state index in [9.17, 15) is 8.42 Å². The molecule has 0 aromatic heterocycles. The van der Waals surface area contributed by atoms with Gasteiger partial charge in [0.05, 0.1) is 12.0 Å². The summed E-state index contributed by atoms with van der Waals surface area (Å²) in [6.07, 6.45) is 4.28. The zero-order valence-corrected chi connectivity index (χ0v) is 18.6. The van der Waals surface area contributed by atoms with Gasteiger partial charge >= 0.3 is 0 Å². The normalized spacial score (nSPS) is 12.4. The number of hydrogen-bond donors (Lipinski definition) is 0. The fourth-order valence-corrected chi connectivity index (χ4v) is 4.18. The first kappa shape index (κ1) is 21.8. The van der Waals surface area contributed by atoms with E-state index in [0.29, 0.717) is 4.90 Å². The van der Waals surface area contributed by atoms with Crippen molar-refractivity contribution in [3.8, 4) is 5.75 Å². The molecule has 0 bridgehead atoms. The van der Waals surface area contributed by atoms with Crippen LogP contribution in [0.15, 0.2) is 83.8 Å². The van der Waals surface area contributed by atoms with E-state index in [2.05, 4.69) is 31.2 Å². The minimum Gasteiger partial charge on any atom is -0.497 e. The van der Waals surface area contributed by atoms with E-state index < -0.39 is 9.84 Å². The van der Waals surface area contributed by atoms with Crippen molar-refractivity contribution in [3.63, 3.8) is 0 Å². The Balaban J connectivity index is 2.23. The van der Waals surface area contributed by atoms with Gasteiger partial charge in [-0.3, -0.25) is 0 Å². The second kappa shape index (κ2) is 9.77. The summed E-state index contributed by atoms with van der Waals surface area (Å²) >= 11 is 0. The third kappa shape index (κ3) is 5.19. The molecule has 3 nitrogen and oxygen atoms in total. The largest absolute Gasteiger partial charge is 0.497 e. The molecule has 0 atom stereocenters. The van der Waals surface area contributed by atoms with Gasteiger partial charge in [0, 0.05) is 6.26 Å². The van der Waals surface area contributed by atoms with E-state index in [1.807, 2.05) is 42.5 Å². The third-order valence-corrected chi connectivity index (χ3v) is 6.28. The van der Waals surface area contributed by atoms with Crippen molar-refractivity contribution in [2.75, 3.05) is 13.4 Å². The maximum atomic E-state index is 11.9. The summed E-state index contributed by atoms with van der Waals surface area (Å²) in [6.45, 7) is 2.18. The second-order valence-electron chi connectivity index (χ2n) is 7.35. The van der Waals surface area contributed by atoms with Crippen LogP contribution in [-0.4, -0.2) is 21.8 Å². The lowest BCUT2D eigenvalue weighted by molar-refractivity contribution is 0.415. The molecule has 0 heterocycles. The molecule has 0 N–H and O–H groups in total. The van der Waals surface area contributed by atoms with E-state index in [0.717, 1.165) is 41.7 Å². The van der Waals surface area contributed by atoms with E-state index in [1.165, 1.54) is 17.4 Å². The first-order valence-electron chi connectivity index (χ1n) is 10.2. The van der Waals surface area contributed by atoms with Crippen LogP contribution in [-0.2, 0) is 9.84 Å². The predicted octanol–water partition coefficient (Wildman–Crippen LogP) is 6.25. The molecule has 0 aliphatic carbocycles. The SMILES string of the molecule is CCCC/C(=C(\c1ccccc1)c1ccc(OC)cc1)c1ccc(S(C)(=O)=O)cc1. The Kier molecular flexibility index (Phi) is 7.11. The highest BCUT2D eigenvalue weighted by Crippen LogP contribution is 2.36. The summed E-state index contributed by atoms with van der Waals surface area (Å²) in [7, 11) is -1.56. The number of benzene rings is 3. The van der Waals surface area contributed by atoms with Crippen molar-refractivity contribution in [1.82, 2.24) is 0 Å². The van der Waals surface area contributed by atoms with Crippen LogP contribution in [0.4, 0.5) is 0 Å². The first-order valence-corrected chi connectivity index (χ1v) is 12.1. The summed E-state index contributed by atoms with van der Waals surface area (Å²) in [5.41, 5.74) is 5.68. The number of rotatable bonds is 8. The summed E-state index contributed by atoms with van der Waals surface area (Å²) in [6, 6.07) is 25.7. The molecule has 3 rings (SSSR count). The molecule has 30 heavy (non-hydrogen) atoms. The minimum atomic E-state index is -3.22. The second-order valence-corrected chi connectivity index (χ2v) is 9.36. The van der Waals surface area contributed by atoms with Crippen LogP contribution in [0.2, 0.25) is 0 Å². The van der Waals surface area contributed by atoms with Crippen LogP contribution in [0.1, 0.15) is 42.9 Å². The molecule has 0 unspecified atom stereocenters. The Morgan fingerprint density at radius 1 is 0.800 bits per heavy atom. The van der Waals surface area contributed by atoms with Crippen LogP contribution >= 0.6 is 0 Å². The quantitative estimate of drug-likeness (QED) is 0.405. The number of unbranched alkanes of at least 4 members (excludes halogenated alkanes) is 1. The van der Waals surface area contributed by atoms with Gasteiger partial charge < -0.3 is 4.74 Å². The summed E-state index contributed by atoms with van der Waals surface area (Å²) < 4.78 is 29.1. The zero-order chi connectivity index (χ0) is 21.6. The average molecular weight is 421 g/mol. The Morgan fingerprint density at radius 3 is 1.90 bits per heavy atom. The van der Waals surface area contributed by atoms with E-state index >= 15 is 0 Å². The lowest BCUT2D eigenvalue weighted by Crippen LogP contribution is -1.99.